The standard InChI is InChI=1S/C9H15NO4/c1-2-6-3-4-10(9(13)14)7(5-6)8(11)12/h6-7H,2-5H2,1H3,(H,11,12)(H,13,14)/t6-,7-/m1/s1. The summed E-state index contributed by atoms with van der Waals surface area (Å²) in [5.74, 6) is -0.697. The van der Waals surface area contributed by atoms with E-state index in [0.717, 1.165) is 17.7 Å². The van der Waals surface area contributed by atoms with Gasteiger partial charge in [-0.25, -0.2) is 9.59 Å². The highest BCUT2D eigenvalue weighted by Gasteiger charge is 2.35. The van der Waals surface area contributed by atoms with Crippen molar-refractivity contribution in [2.75, 3.05) is 6.54 Å². The second-order valence-corrected chi connectivity index (χ2v) is 3.63. The van der Waals surface area contributed by atoms with Crippen LogP contribution in [-0.4, -0.2) is 39.8 Å². The Hall–Kier alpha value is -1.26. The van der Waals surface area contributed by atoms with E-state index in [4.69, 9.17) is 10.2 Å². The number of carboxylic acid groups (broad SMARTS) is 2. The molecule has 0 aliphatic carbocycles. The zero-order chi connectivity index (χ0) is 10.7. The first-order valence-corrected chi connectivity index (χ1v) is 4.78. The van der Waals surface area contributed by atoms with E-state index in [1.165, 1.54) is 0 Å². The molecule has 0 aromatic carbocycles. The maximum absolute atomic E-state index is 10.8. The van der Waals surface area contributed by atoms with Crippen molar-refractivity contribution >= 4 is 12.1 Å². The van der Waals surface area contributed by atoms with Crippen molar-refractivity contribution in [2.24, 2.45) is 5.92 Å². The van der Waals surface area contributed by atoms with Crippen LogP contribution >= 0.6 is 0 Å². The monoisotopic (exact) mass is 201 g/mol. The van der Waals surface area contributed by atoms with E-state index in [-0.39, 0.29) is 0 Å². The lowest BCUT2D eigenvalue weighted by molar-refractivity contribution is -0.144. The van der Waals surface area contributed by atoms with E-state index < -0.39 is 18.1 Å². The van der Waals surface area contributed by atoms with Crippen LogP contribution in [0.5, 0.6) is 0 Å². The Morgan fingerprint density at radius 2 is 2.07 bits per heavy atom. The SMILES string of the molecule is CC[C@@H]1CCN(C(=O)O)[C@@H](C(=O)O)C1. The van der Waals surface area contributed by atoms with Crippen LogP contribution in [0.1, 0.15) is 26.2 Å². The Morgan fingerprint density at radius 3 is 2.50 bits per heavy atom. The first kappa shape index (κ1) is 10.8. The minimum absolute atomic E-state index is 0.338. The molecule has 1 amide bonds. The van der Waals surface area contributed by atoms with Gasteiger partial charge in [0.05, 0.1) is 0 Å². The number of nitrogens with zero attached hydrogens (tertiary/aromatic N) is 1. The molecule has 0 unspecified atom stereocenters. The third-order valence-electron chi connectivity index (χ3n) is 2.82. The fourth-order valence-corrected chi connectivity index (χ4v) is 1.87. The van der Waals surface area contributed by atoms with Gasteiger partial charge in [-0.2, -0.15) is 0 Å². The Bertz CT molecular complexity index is 241. The van der Waals surface area contributed by atoms with E-state index in [1.54, 1.807) is 0 Å². The smallest absolute Gasteiger partial charge is 0.408 e. The van der Waals surface area contributed by atoms with E-state index in [9.17, 15) is 9.59 Å². The number of hydrogen-bond donors (Lipinski definition) is 2. The molecule has 1 heterocycles. The van der Waals surface area contributed by atoms with Gasteiger partial charge in [0, 0.05) is 6.54 Å². The number of amides is 1. The quantitative estimate of drug-likeness (QED) is 0.704. The highest BCUT2D eigenvalue weighted by molar-refractivity contribution is 5.79. The minimum Gasteiger partial charge on any atom is -0.480 e. The molecule has 0 bridgehead atoms. The van der Waals surface area contributed by atoms with Crippen molar-refractivity contribution in [2.45, 2.75) is 32.2 Å². The first-order chi connectivity index (χ1) is 6.56. The van der Waals surface area contributed by atoms with Gasteiger partial charge in [0.1, 0.15) is 6.04 Å². The second-order valence-electron chi connectivity index (χ2n) is 3.63. The summed E-state index contributed by atoms with van der Waals surface area (Å²) in [5, 5.41) is 17.6. The zero-order valence-electron chi connectivity index (χ0n) is 8.14. The zero-order valence-corrected chi connectivity index (χ0v) is 8.14. The molecule has 0 aromatic heterocycles. The van der Waals surface area contributed by atoms with E-state index >= 15 is 0 Å². The van der Waals surface area contributed by atoms with Gasteiger partial charge in [-0.05, 0) is 18.8 Å². The lowest BCUT2D eigenvalue weighted by Crippen LogP contribution is -2.49. The highest BCUT2D eigenvalue weighted by Crippen LogP contribution is 2.25. The minimum atomic E-state index is -1.13. The average molecular weight is 201 g/mol. The summed E-state index contributed by atoms with van der Waals surface area (Å²) in [5.41, 5.74) is 0. The summed E-state index contributed by atoms with van der Waals surface area (Å²) in [7, 11) is 0. The molecule has 0 radical (unpaired) electrons. The molecule has 1 aliphatic heterocycles. The van der Waals surface area contributed by atoms with Crippen molar-refractivity contribution in [1.29, 1.82) is 0 Å². The van der Waals surface area contributed by atoms with Gasteiger partial charge in [-0.1, -0.05) is 13.3 Å². The number of rotatable bonds is 2. The van der Waals surface area contributed by atoms with Crippen LogP contribution in [0.3, 0.4) is 0 Å². The van der Waals surface area contributed by atoms with Crippen LogP contribution in [-0.2, 0) is 4.79 Å². The van der Waals surface area contributed by atoms with Gasteiger partial charge in [0.25, 0.3) is 0 Å². The number of likely N-dealkylation sites (tertiary alicyclic amines) is 1. The molecule has 1 fully saturated rings. The van der Waals surface area contributed by atoms with Gasteiger partial charge in [0.15, 0.2) is 0 Å². The number of hydrogen-bond acceptors (Lipinski definition) is 2. The largest absolute Gasteiger partial charge is 0.480 e. The Labute approximate surface area is 82.3 Å². The fraction of sp³-hybridized carbons (Fsp3) is 0.778. The maximum Gasteiger partial charge on any atom is 0.408 e. The summed E-state index contributed by atoms with van der Waals surface area (Å²) < 4.78 is 0. The normalized spacial score (nSPS) is 27.4. The predicted octanol–water partition coefficient (Wildman–Crippen LogP) is 1.24. The molecular weight excluding hydrogens is 186 g/mol. The molecular formula is C9H15NO4. The molecule has 5 heteroatoms. The molecule has 1 aliphatic rings. The summed E-state index contributed by atoms with van der Waals surface area (Å²) in [6.07, 6.45) is 0.994. The fourth-order valence-electron chi connectivity index (χ4n) is 1.87. The number of carbonyl (C=O) groups is 2. The Morgan fingerprint density at radius 1 is 1.43 bits per heavy atom. The van der Waals surface area contributed by atoms with E-state index in [2.05, 4.69) is 0 Å². The number of aliphatic carboxylic acids is 1. The number of carboxylic acids is 1. The number of piperidine rings is 1. The molecule has 0 spiro atoms. The van der Waals surface area contributed by atoms with Crippen molar-refractivity contribution < 1.29 is 19.8 Å². The van der Waals surface area contributed by atoms with Crippen LogP contribution in [0.25, 0.3) is 0 Å². The van der Waals surface area contributed by atoms with E-state index in [0.29, 0.717) is 18.9 Å². The predicted molar refractivity (Wildman–Crippen MR) is 49.2 cm³/mol. The molecule has 0 aromatic rings. The van der Waals surface area contributed by atoms with Gasteiger partial charge in [0.2, 0.25) is 0 Å². The van der Waals surface area contributed by atoms with Gasteiger partial charge >= 0.3 is 12.1 Å². The van der Waals surface area contributed by atoms with Crippen LogP contribution < -0.4 is 0 Å². The van der Waals surface area contributed by atoms with Crippen LogP contribution in [0, 0.1) is 5.92 Å². The van der Waals surface area contributed by atoms with Crippen LogP contribution in [0.15, 0.2) is 0 Å². The Kier molecular flexibility index (Phi) is 3.33. The van der Waals surface area contributed by atoms with Gasteiger partial charge in [-0.3, -0.25) is 4.90 Å². The summed E-state index contributed by atoms with van der Waals surface area (Å²) in [6, 6.07) is -0.855. The van der Waals surface area contributed by atoms with Crippen molar-refractivity contribution in [3.8, 4) is 0 Å². The summed E-state index contributed by atoms with van der Waals surface area (Å²) in [6.45, 7) is 2.34. The third kappa shape index (κ3) is 2.16. The topological polar surface area (TPSA) is 77.8 Å². The van der Waals surface area contributed by atoms with Crippen molar-refractivity contribution in [3.05, 3.63) is 0 Å². The van der Waals surface area contributed by atoms with Crippen LogP contribution in [0.2, 0.25) is 0 Å². The first-order valence-electron chi connectivity index (χ1n) is 4.78. The summed E-state index contributed by atoms with van der Waals surface area (Å²) in [4.78, 5) is 22.6. The van der Waals surface area contributed by atoms with E-state index in [1.807, 2.05) is 6.92 Å². The maximum atomic E-state index is 10.8. The average Bonchev–Trinajstić information content (AvgIpc) is 2.16. The van der Waals surface area contributed by atoms with Gasteiger partial charge in [-0.15, -0.1) is 0 Å². The molecule has 5 nitrogen and oxygen atoms in total. The van der Waals surface area contributed by atoms with Crippen molar-refractivity contribution in [3.63, 3.8) is 0 Å². The lowest BCUT2D eigenvalue weighted by atomic mass is 9.89. The van der Waals surface area contributed by atoms with Crippen LogP contribution in [0.4, 0.5) is 4.79 Å². The molecule has 80 valence electrons. The second kappa shape index (κ2) is 4.30. The highest BCUT2D eigenvalue weighted by atomic mass is 16.4. The van der Waals surface area contributed by atoms with Gasteiger partial charge < -0.3 is 10.2 Å². The third-order valence-corrected chi connectivity index (χ3v) is 2.82. The Balaban J connectivity index is 2.70. The molecule has 1 saturated heterocycles. The molecule has 1 rings (SSSR count). The van der Waals surface area contributed by atoms with Crippen molar-refractivity contribution in [1.82, 2.24) is 4.90 Å². The summed E-state index contributed by atoms with van der Waals surface area (Å²) >= 11 is 0. The lowest BCUT2D eigenvalue weighted by Gasteiger charge is -2.34. The molecule has 2 N–H and O–H groups in total. The molecule has 14 heavy (non-hydrogen) atoms. The molecule has 2 atom stereocenters. The molecule has 0 saturated carbocycles.